The third kappa shape index (κ3) is 1.53. The van der Waals surface area contributed by atoms with E-state index in [2.05, 4.69) is 5.32 Å². The summed E-state index contributed by atoms with van der Waals surface area (Å²) in [6.07, 6.45) is 0.674. The number of carbonyl (C=O) groups excluding carboxylic acids is 2. The Kier molecular flexibility index (Phi) is 2.55. The standard InChI is InChI=1S/C9H13N3O4/c10-4-3-11-7(13)5-1-2-6(9(15)16)12(5)8(4)14/h4-6H,1-3,10H2,(H,11,13)(H,15,16)/t4-,5-,6+/m0/s1. The number of nitrogens with zero attached hydrogens (tertiary/aromatic N) is 1. The number of hydrogen-bond acceptors (Lipinski definition) is 4. The van der Waals surface area contributed by atoms with Crippen LogP contribution in [0.15, 0.2) is 0 Å². The summed E-state index contributed by atoms with van der Waals surface area (Å²) in [6.45, 7) is 0.0665. The molecule has 2 saturated heterocycles. The van der Waals surface area contributed by atoms with Gasteiger partial charge in [-0.05, 0) is 12.8 Å². The normalized spacial score (nSPS) is 34.3. The van der Waals surface area contributed by atoms with Crippen LogP contribution in [0.25, 0.3) is 0 Å². The Morgan fingerprint density at radius 1 is 1.44 bits per heavy atom. The minimum Gasteiger partial charge on any atom is -0.480 e. The topological polar surface area (TPSA) is 113 Å². The molecule has 2 aliphatic heterocycles. The number of rotatable bonds is 1. The molecule has 7 nitrogen and oxygen atoms in total. The number of amides is 2. The van der Waals surface area contributed by atoms with Crippen molar-refractivity contribution in [2.24, 2.45) is 5.73 Å². The second kappa shape index (κ2) is 3.75. The van der Waals surface area contributed by atoms with Crippen LogP contribution in [0, 0.1) is 0 Å². The largest absolute Gasteiger partial charge is 0.480 e. The fourth-order valence-corrected chi connectivity index (χ4v) is 2.23. The average molecular weight is 227 g/mol. The minimum absolute atomic E-state index is 0.0665. The first-order valence-corrected chi connectivity index (χ1v) is 5.10. The van der Waals surface area contributed by atoms with E-state index in [1.807, 2.05) is 0 Å². The third-order valence-electron chi connectivity index (χ3n) is 3.04. The van der Waals surface area contributed by atoms with Crippen molar-refractivity contribution < 1.29 is 19.5 Å². The summed E-state index contributed by atoms with van der Waals surface area (Å²) in [7, 11) is 0. The van der Waals surface area contributed by atoms with Crippen molar-refractivity contribution in [2.45, 2.75) is 31.0 Å². The van der Waals surface area contributed by atoms with Gasteiger partial charge in [-0.1, -0.05) is 0 Å². The van der Waals surface area contributed by atoms with Crippen LogP contribution >= 0.6 is 0 Å². The molecule has 2 amide bonds. The number of carboxylic acids is 1. The molecule has 0 aliphatic carbocycles. The van der Waals surface area contributed by atoms with E-state index in [4.69, 9.17) is 10.8 Å². The van der Waals surface area contributed by atoms with Crippen molar-refractivity contribution in [3.63, 3.8) is 0 Å². The van der Waals surface area contributed by atoms with Gasteiger partial charge in [0.1, 0.15) is 18.1 Å². The average Bonchev–Trinajstić information content (AvgIpc) is 2.64. The highest BCUT2D eigenvalue weighted by molar-refractivity contribution is 5.96. The van der Waals surface area contributed by atoms with Crippen LogP contribution in [-0.4, -0.2) is 52.5 Å². The first kappa shape index (κ1) is 10.9. The van der Waals surface area contributed by atoms with E-state index in [1.54, 1.807) is 0 Å². The van der Waals surface area contributed by atoms with Gasteiger partial charge in [0.05, 0.1) is 0 Å². The second-order valence-corrected chi connectivity index (χ2v) is 4.04. The first-order valence-electron chi connectivity index (χ1n) is 5.10. The van der Waals surface area contributed by atoms with Crippen LogP contribution in [0.3, 0.4) is 0 Å². The van der Waals surface area contributed by atoms with E-state index in [0.29, 0.717) is 12.8 Å². The van der Waals surface area contributed by atoms with Gasteiger partial charge in [0.15, 0.2) is 0 Å². The maximum absolute atomic E-state index is 11.8. The number of nitrogens with two attached hydrogens (primary N) is 1. The number of nitrogens with one attached hydrogen (secondary N) is 1. The van der Waals surface area contributed by atoms with Gasteiger partial charge < -0.3 is 21.1 Å². The molecule has 88 valence electrons. The smallest absolute Gasteiger partial charge is 0.326 e. The van der Waals surface area contributed by atoms with Crippen LogP contribution < -0.4 is 11.1 Å². The van der Waals surface area contributed by atoms with Gasteiger partial charge in [-0.25, -0.2) is 4.79 Å². The van der Waals surface area contributed by atoms with E-state index in [9.17, 15) is 14.4 Å². The Balaban J connectivity index is 2.32. The molecule has 0 spiro atoms. The quantitative estimate of drug-likeness (QED) is 0.474. The molecular formula is C9H13N3O4. The van der Waals surface area contributed by atoms with Crippen LogP contribution in [0.5, 0.6) is 0 Å². The minimum atomic E-state index is -1.09. The number of fused-ring (bicyclic) bond motifs is 1. The van der Waals surface area contributed by atoms with Gasteiger partial charge in [-0.2, -0.15) is 0 Å². The highest BCUT2D eigenvalue weighted by Gasteiger charge is 2.47. The Morgan fingerprint density at radius 3 is 2.75 bits per heavy atom. The predicted octanol–water partition coefficient (Wildman–Crippen LogP) is -2.11. The Labute approximate surface area is 91.6 Å². The van der Waals surface area contributed by atoms with Gasteiger partial charge >= 0.3 is 5.97 Å². The molecule has 4 N–H and O–H groups in total. The molecule has 0 radical (unpaired) electrons. The zero-order chi connectivity index (χ0) is 11.9. The molecule has 16 heavy (non-hydrogen) atoms. The lowest BCUT2D eigenvalue weighted by molar-refractivity contribution is -0.150. The van der Waals surface area contributed by atoms with E-state index < -0.39 is 30.0 Å². The van der Waals surface area contributed by atoms with E-state index in [-0.39, 0.29) is 12.5 Å². The number of carboxylic acid groups (broad SMARTS) is 1. The zero-order valence-electron chi connectivity index (χ0n) is 8.55. The van der Waals surface area contributed by atoms with Crippen molar-refractivity contribution in [3.8, 4) is 0 Å². The van der Waals surface area contributed by atoms with Crippen molar-refractivity contribution in [3.05, 3.63) is 0 Å². The van der Waals surface area contributed by atoms with Gasteiger partial charge in [0, 0.05) is 6.54 Å². The number of carbonyl (C=O) groups is 3. The molecule has 0 saturated carbocycles. The molecule has 2 fully saturated rings. The van der Waals surface area contributed by atoms with Crippen LogP contribution in [0.1, 0.15) is 12.8 Å². The Morgan fingerprint density at radius 2 is 2.12 bits per heavy atom. The van der Waals surface area contributed by atoms with Gasteiger partial charge in [-0.15, -0.1) is 0 Å². The molecule has 0 bridgehead atoms. The van der Waals surface area contributed by atoms with Crippen LogP contribution in [-0.2, 0) is 14.4 Å². The predicted molar refractivity (Wildman–Crippen MR) is 52.3 cm³/mol. The molecule has 0 aromatic heterocycles. The molecular weight excluding hydrogens is 214 g/mol. The summed E-state index contributed by atoms with van der Waals surface area (Å²) >= 11 is 0. The summed E-state index contributed by atoms with van der Waals surface area (Å²) in [5.41, 5.74) is 5.56. The first-order chi connectivity index (χ1) is 7.52. The van der Waals surface area contributed by atoms with E-state index >= 15 is 0 Å². The molecule has 0 aromatic rings. The second-order valence-electron chi connectivity index (χ2n) is 4.04. The maximum atomic E-state index is 11.8. The summed E-state index contributed by atoms with van der Waals surface area (Å²) < 4.78 is 0. The van der Waals surface area contributed by atoms with Crippen molar-refractivity contribution in [1.82, 2.24) is 10.2 Å². The Hall–Kier alpha value is -1.63. The fourth-order valence-electron chi connectivity index (χ4n) is 2.23. The highest BCUT2D eigenvalue weighted by atomic mass is 16.4. The van der Waals surface area contributed by atoms with Gasteiger partial charge in [-0.3, -0.25) is 9.59 Å². The van der Waals surface area contributed by atoms with Gasteiger partial charge in [0.2, 0.25) is 11.8 Å². The maximum Gasteiger partial charge on any atom is 0.326 e. The summed E-state index contributed by atoms with van der Waals surface area (Å²) in [5.74, 6) is -1.86. The van der Waals surface area contributed by atoms with E-state index in [0.717, 1.165) is 4.90 Å². The molecule has 0 unspecified atom stereocenters. The lowest BCUT2D eigenvalue weighted by Gasteiger charge is -2.25. The Bertz CT molecular complexity index is 357. The monoisotopic (exact) mass is 227 g/mol. The van der Waals surface area contributed by atoms with E-state index in [1.165, 1.54) is 0 Å². The highest BCUT2D eigenvalue weighted by Crippen LogP contribution is 2.26. The number of hydrogen-bond donors (Lipinski definition) is 3. The van der Waals surface area contributed by atoms with Crippen LogP contribution in [0.2, 0.25) is 0 Å². The van der Waals surface area contributed by atoms with Gasteiger partial charge in [0.25, 0.3) is 0 Å². The molecule has 2 heterocycles. The lowest BCUT2D eigenvalue weighted by atomic mass is 10.2. The molecule has 7 heteroatoms. The molecule has 2 aliphatic rings. The number of aliphatic carboxylic acids is 1. The van der Waals surface area contributed by atoms with Crippen molar-refractivity contribution in [2.75, 3.05) is 6.54 Å². The van der Waals surface area contributed by atoms with Crippen LogP contribution in [0.4, 0.5) is 0 Å². The molecule has 2 rings (SSSR count). The summed E-state index contributed by atoms with van der Waals surface area (Å²) in [4.78, 5) is 35.5. The SMILES string of the molecule is N[C@H]1CNC(=O)[C@@H]2CC[C@H](C(=O)O)N2C1=O. The summed E-state index contributed by atoms with van der Waals surface area (Å²) in [6, 6.07) is -2.46. The van der Waals surface area contributed by atoms with Crippen molar-refractivity contribution in [1.29, 1.82) is 0 Å². The fraction of sp³-hybridized carbons (Fsp3) is 0.667. The molecule has 3 atom stereocenters. The zero-order valence-corrected chi connectivity index (χ0v) is 8.55. The summed E-state index contributed by atoms with van der Waals surface area (Å²) in [5, 5.41) is 11.5. The third-order valence-corrected chi connectivity index (χ3v) is 3.04. The van der Waals surface area contributed by atoms with Crippen molar-refractivity contribution >= 4 is 17.8 Å². The molecule has 0 aromatic carbocycles. The lowest BCUT2D eigenvalue weighted by Crippen LogP contribution is -2.51.